The monoisotopic (exact) mass is 1150 g/mol. The van der Waals surface area contributed by atoms with E-state index in [1.807, 2.05) is 0 Å². The minimum Gasteiger partial charge on any atom is -0.399 e. The van der Waals surface area contributed by atoms with Crippen LogP contribution in [0.4, 0.5) is 45.5 Å². The predicted octanol–water partition coefficient (Wildman–Crippen LogP) is -0.320. The van der Waals surface area contributed by atoms with Crippen LogP contribution in [0.3, 0.4) is 0 Å². The summed E-state index contributed by atoms with van der Waals surface area (Å²) in [6, 6.07) is 55.2. The molecule has 16 N–H and O–H groups in total. The quantitative estimate of drug-likeness (QED) is 0.0714. The highest BCUT2D eigenvalue weighted by Crippen LogP contribution is 2.49. The van der Waals surface area contributed by atoms with Gasteiger partial charge in [0, 0.05) is 87.0 Å². The summed E-state index contributed by atoms with van der Waals surface area (Å²) in [6.07, 6.45) is 0. The van der Waals surface area contributed by atoms with E-state index in [2.05, 4.69) is 0 Å². The molecule has 8 bridgehead atoms. The third kappa shape index (κ3) is 7.95. The maximum Gasteiger partial charge on any atom is 0.515 e. The molecule has 6 fully saturated rings. The number of hydrogen-bond donors (Lipinski definition) is 8. The van der Waals surface area contributed by atoms with Crippen LogP contribution in [0.15, 0.2) is 194 Å². The van der Waals surface area contributed by atoms with Crippen LogP contribution in [0.2, 0.25) is 0 Å². The van der Waals surface area contributed by atoms with E-state index in [-0.39, 0.29) is 0 Å². The maximum atomic E-state index is 8.10. The SMILES string of the molecule is Nc1ccc([Si]23O[Si]4(c5ccc(N)cc5)O[Si]5(c6ccc(N)cc6)O[Si]6(c7ccc(N)cc7)O[Si](c7ccc(N)cc7)(O[Si](c7ccc(N)cc7)(O2)O[Si](c2cccc(N)c2)(O4)O6)O[Si](c2cccc(N)c2)(O3)O5)cc1. The van der Waals surface area contributed by atoms with E-state index in [4.69, 9.17) is 95.3 Å². The second-order valence-corrected chi connectivity index (χ2v) is 42.0. The van der Waals surface area contributed by atoms with Crippen molar-refractivity contribution < 1.29 is 49.4 Å². The number of rotatable bonds is 8. The number of nitrogens with two attached hydrogens (primary N) is 8. The van der Waals surface area contributed by atoms with Gasteiger partial charge in [-0.25, -0.2) is 0 Å². The Morgan fingerprint density at radius 3 is 0.487 bits per heavy atom. The summed E-state index contributed by atoms with van der Waals surface area (Å²) in [4.78, 5) is 0. The predicted molar refractivity (Wildman–Crippen MR) is 303 cm³/mol. The first-order valence-corrected chi connectivity index (χ1v) is 37.6. The minimum atomic E-state index is -5.09. The normalized spacial score (nSPS) is 31.4. The minimum absolute atomic E-state index is 0.330. The zero-order valence-electron chi connectivity index (χ0n) is 40.0. The van der Waals surface area contributed by atoms with Crippen LogP contribution in [0.1, 0.15) is 0 Å². The van der Waals surface area contributed by atoms with Crippen molar-refractivity contribution in [3.63, 3.8) is 0 Å². The summed E-state index contributed by atoms with van der Waals surface area (Å²) in [6.45, 7) is 0. The Labute approximate surface area is 444 Å². The Morgan fingerprint density at radius 2 is 0.329 bits per heavy atom. The summed E-state index contributed by atoms with van der Waals surface area (Å²) < 4.78 is 97.2. The lowest BCUT2D eigenvalue weighted by Crippen LogP contribution is -2.96. The highest BCUT2D eigenvalue weighted by Gasteiger charge is 2.86. The Kier molecular flexibility index (Phi) is 11.3. The number of benzene rings is 8. The Morgan fingerprint density at radius 1 is 0.171 bits per heavy atom. The van der Waals surface area contributed by atoms with Gasteiger partial charge in [0.1, 0.15) is 0 Å². The van der Waals surface area contributed by atoms with Gasteiger partial charge < -0.3 is 95.3 Å². The smallest absolute Gasteiger partial charge is 0.399 e. The van der Waals surface area contributed by atoms with Crippen molar-refractivity contribution in [3.8, 4) is 0 Å². The van der Waals surface area contributed by atoms with Gasteiger partial charge in [0.25, 0.3) is 0 Å². The van der Waals surface area contributed by atoms with Gasteiger partial charge in [0.15, 0.2) is 0 Å². The van der Waals surface area contributed by atoms with Crippen molar-refractivity contribution in [1.29, 1.82) is 0 Å². The fraction of sp³-hybridized carbons (Fsp3) is 0. The largest absolute Gasteiger partial charge is 0.515 e. The maximum absolute atomic E-state index is 8.10. The van der Waals surface area contributed by atoms with Crippen LogP contribution in [0, 0.1) is 0 Å². The summed E-state index contributed by atoms with van der Waals surface area (Å²) >= 11 is 0. The molecule has 8 aromatic rings. The lowest BCUT2D eigenvalue weighted by atomic mass is 10.3. The Balaban J connectivity index is 1.27. The van der Waals surface area contributed by atoms with E-state index < -0.39 is 70.4 Å². The molecule has 0 aliphatic carbocycles. The molecule has 6 heterocycles. The van der Waals surface area contributed by atoms with E-state index in [0.717, 1.165) is 0 Å². The Bertz CT molecular complexity index is 3010. The average Bonchev–Trinajstić information content (AvgIpc) is 3.57. The lowest BCUT2D eigenvalue weighted by Gasteiger charge is -2.62. The fourth-order valence-corrected chi connectivity index (χ4v) is 55.7. The van der Waals surface area contributed by atoms with Crippen LogP contribution in [-0.2, 0) is 49.4 Å². The first kappa shape index (κ1) is 49.0. The molecule has 0 amide bonds. The van der Waals surface area contributed by atoms with Crippen LogP contribution in [0.5, 0.6) is 0 Å². The number of anilines is 8. The summed E-state index contributed by atoms with van der Waals surface area (Å²) in [5.41, 5.74) is 55.7. The van der Waals surface area contributed by atoms with Gasteiger partial charge in [-0.05, 0) is 97.1 Å². The number of hydrogen-bond acceptors (Lipinski definition) is 20. The molecule has 6 aliphatic heterocycles. The molecule has 76 heavy (non-hydrogen) atoms. The summed E-state index contributed by atoms with van der Waals surface area (Å²) in [5, 5.41) is 2.81. The van der Waals surface area contributed by atoms with Crippen LogP contribution in [0.25, 0.3) is 0 Å². The molecule has 0 saturated carbocycles. The molecule has 6 saturated heterocycles. The molecule has 20 nitrogen and oxygen atoms in total. The van der Waals surface area contributed by atoms with Crippen LogP contribution < -0.4 is 87.4 Å². The molecule has 0 spiro atoms. The third-order valence-corrected chi connectivity index (χ3v) is 47.4. The van der Waals surface area contributed by atoms with Crippen molar-refractivity contribution in [2.24, 2.45) is 0 Å². The van der Waals surface area contributed by atoms with Crippen LogP contribution >= 0.6 is 0 Å². The van der Waals surface area contributed by atoms with Gasteiger partial charge >= 0.3 is 70.4 Å². The molecule has 0 atom stereocenters. The van der Waals surface area contributed by atoms with Gasteiger partial charge in [-0.3, -0.25) is 0 Å². The van der Waals surface area contributed by atoms with E-state index >= 15 is 0 Å². The van der Waals surface area contributed by atoms with Crippen LogP contribution in [-0.4, -0.2) is 70.4 Å². The van der Waals surface area contributed by atoms with E-state index in [0.29, 0.717) is 87.0 Å². The van der Waals surface area contributed by atoms with Crippen molar-refractivity contribution in [2.75, 3.05) is 45.9 Å². The zero-order chi connectivity index (χ0) is 52.4. The number of nitrogen functional groups attached to an aromatic ring is 8. The molecule has 28 heteroatoms. The topological polar surface area (TPSA) is 319 Å². The molecule has 0 aromatic heterocycles. The average molecular weight is 1150 g/mol. The lowest BCUT2D eigenvalue weighted by molar-refractivity contribution is -0.00295. The fourth-order valence-electron chi connectivity index (χ4n) is 9.62. The van der Waals surface area contributed by atoms with Gasteiger partial charge in [0.2, 0.25) is 0 Å². The highest BCUT2D eigenvalue weighted by atomic mass is 28.6. The molecule has 8 aromatic carbocycles. The molecular weight excluding hydrogens is 1110 g/mol. The first-order chi connectivity index (χ1) is 36.5. The van der Waals surface area contributed by atoms with Gasteiger partial charge in [-0.15, -0.1) is 0 Å². The van der Waals surface area contributed by atoms with Crippen molar-refractivity contribution in [2.45, 2.75) is 0 Å². The standard InChI is InChI=1S/C48H48N8O12Si8/c49-33-7-19-41(20-8-33)69-57-72(44-25-13-36(52)14-26-44)59-70(42-21-9-34(50)10-22-42)61-74(46-29-17-38(54)18-30-46)62-71(43-23-11-35(51)12-24-43,65-75(63-69,64-70)47-5-1-3-39(55)31-47)60-73(58-69,45-27-15-37(53)16-28-45)67-76(66-72,68-74)48-6-2-4-40(56)32-48/h1-32H,49-56H2. The molecule has 0 unspecified atom stereocenters. The summed E-state index contributed by atoms with van der Waals surface area (Å²) in [5.74, 6) is 0. The Hall–Kier alpha value is -6.58. The highest BCUT2D eigenvalue weighted by molar-refractivity contribution is 7.14. The second-order valence-electron chi connectivity index (χ2n) is 18.7. The first-order valence-electron chi connectivity index (χ1n) is 23.8. The molecule has 6 aliphatic rings. The zero-order valence-corrected chi connectivity index (χ0v) is 48.0. The molecule has 384 valence electrons. The molecule has 0 radical (unpaired) electrons. The van der Waals surface area contributed by atoms with Gasteiger partial charge in [0.05, 0.1) is 0 Å². The van der Waals surface area contributed by atoms with Gasteiger partial charge in [-0.1, -0.05) is 97.1 Å². The third-order valence-electron chi connectivity index (χ3n) is 13.3. The summed E-state index contributed by atoms with van der Waals surface area (Å²) in [7, 11) is -40.6. The van der Waals surface area contributed by atoms with E-state index in [9.17, 15) is 0 Å². The van der Waals surface area contributed by atoms with E-state index in [1.165, 1.54) is 0 Å². The second kappa shape index (κ2) is 17.5. The molecule has 14 rings (SSSR count). The van der Waals surface area contributed by atoms with Crippen molar-refractivity contribution in [1.82, 2.24) is 0 Å². The molecular formula is C48H48N8O12Si8. The van der Waals surface area contributed by atoms with E-state index in [1.54, 1.807) is 194 Å². The van der Waals surface area contributed by atoms with Crippen molar-refractivity contribution >= 4 is 157 Å². The van der Waals surface area contributed by atoms with Gasteiger partial charge in [-0.2, -0.15) is 0 Å². The van der Waals surface area contributed by atoms with Crippen molar-refractivity contribution in [3.05, 3.63) is 194 Å².